The van der Waals surface area contributed by atoms with Gasteiger partial charge in [-0.25, -0.2) is 9.78 Å². The number of halogens is 1. The summed E-state index contributed by atoms with van der Waals surface area (Å²) in [6.07, 6.45) is 0.316. The highest BCUT2D eigenvalue weighted by Gasteiger charge is 2.39. The van der Waals surface area contributed by atoms with E-state index >= 15 is 0 Å². The molecule has 0 radical (unpaired) electrons. The van der Waals surface area contributed by atoms with Crippen LogP contribution in [0.5, 0.6) is 0 Å². The molecule has 1 aromatic heterocycles. The van der Waals surface area contributed by atoms with Crippen LogP contribution in [0.1, 0.15) is 40.3 Å². The van der Waals surface area contributed by atoms with Crippen LogP contribution in [0.2, 0.25) is 0 Å². The van der Waals surface area contributed by atoms with Crippen molar-refractivity contribution in [3.8, 4) is 0 Å². The zero-order valence-corrected chi connectivity index (χ0v) is 15.2. The molecule has 0 aliphatic heterocycles. The van der Waals surface area contributed by atoms with Gasteiger partial charge in [0.2, 0.25) is 0 Å². The van der Waals surface area contributed by atoms with Gasteiger partial charge in [-0.05, 0) is 48.8 Å². The molecule has 0 bridgehead atoms. The molecule has 22 heavy (non-hydrogen) atoms. The van der Waals surface area contributed by atoms with Crippen LogP contribution in [0, 0.1) is 5.92 Å². The van der Waals surface area contributed by atoms with Crippen LogP contribution in [0.3, 0.4) is 0 Å². The molecule has 0 spiro atoms. The molecule has 1 unspecified atom stereocenters. The molecule has 5 nitrogen and oxygen atoms in total. The maximum absolute atomic E-state index is 12.1. The van der Waals surface area contributed by atoms with E-state index < -0.39 is 17.2 Å². The predicted molar refractivity (Wildman–Crippen MR) is 88.6 cm³/mol. The Kier molecular flexibility index (Phi) is 6.11. The van der Waals surface area contributed by atoms with E-state index in [1.807, 2.05) is 40.7 Å². The van der Waals surface area contributed by atoms with E-state index in [1.165, 1.54) is 0 Å². The first-order chi connectivity index (χ1) is 10.1. The number of carbonyl (C=O) groups excluding carboxylic acids is 2. The monoisotopic (exact) mass is 370 g/mol. The third kappa shape index (κ3) is 5.40. The number of ether oxygens (including phenoxy) is 1. The molecule has 0 aliphatic carbocycles. The molecule has 6 heteroatoms. The van der Waals surface area contributed by atoms with Gasteiger partial charge in [0.15, 0.2) is 11.9 Å². The van der Waals surface area contributed by atoms with E-state index in [1.54, 1.807) is 12.1 Å². The van der Waals surface area contributed by atoms with Crippen LogP contribution in [-0.2, 0) is 16.0 Å². The van der Waals surface area contributed by atoms with Gasteiger partial charge in [0.05, 0.1) is 0 Å². The highest BCUT2D eigenvalue weighted by molar-refractivity contribution is 9.10. The van der Waals surface area contributed by atoms with E-state index in [0.29, 0.717) is 16.6 Å². The fraction of sp³-hybridized carbons (Fsp3) is 0.562. The molecule has 0 saturated heterocycles. The minimum absolute atomic E-state index is 0.184. The summed E-state index contributed by atoms with van der Waals surface area (Å²) in [7, 11) is 0. The molecule has 0 saturated carbocycles. The molecule has 1 rings (SSSR count). The number of pyridine rings is 1. The molecule has 1 aromatic rings. The largest absolute Gasteiger partial charge is 0.435 e. The topological polar surface area (TPSA) is 68.3 Å². The Hall–Kier alpha value is -1.43. The van der Waals surface area contributed by atoms with Crippen LogP contribution in [0.25, 0.3) is 0 Å². The van der Waals surface area contributed by atoms with Gasteiger partial charge < -0.3 is 10.1 Å². The molecule has 0 aliphatic rings. The van der Waals surface area contributed by atoms with Crippen LogP contribution >= 0.6 is 15.9 Å². The summed E-state index contributed by atoms with van der Waals surface area (Å²) in [5.41, 5.74) is -1.00. The lowest BCUT2D eigenvalue weighted by molar-refractivity contribution is -0.129. The Morgan fingerprint density at radius 3 is 2.50 bits per heavy atom. The van der Waals surface area contributed by atoms with Gasteiger partial charge in [-0.1, -0.05) is 19.9 Å². The van der Waals surface area contributed by atoms with E-state index in [9.17, 15) is 9.59 Å². The summed E-state index contributed by atoms with van der Waals surface area (Å²) in [5, 5.41) is 2.71. The lowest BCUT2D eigenvalue weighted by atomic mass is 9.87. The van der Waals surface area contributed by atoms with Crippen molar-refractivity contribution in [3.05, 3.63) is 28.5 Å². The Bertz CT molecular complexity index is 540. The molecule has 1 amide bonds. The average Bonchev–Trinajstić information content (AvgIpc) is 2.35. The number of amides is 1. The molecule has 1 heterocycles. The van der Waals surface area contributed by atoms with E-state index in [0.717, 1.165) is 0 Å². The summed E-state index contributed by atoms with van der Waals surface area (Å²) < 4.78 is 6.17. The number of rotatable bonds is 5. The van der Waals surface area contributed by atoms with Crippen LogP contribution < -0.4 is 5.32 Å². The number of hydrogen-bond donors (Lipinski definition) is 1. The number of hydrogen-bond acceptors (Lipinski definition) is 4. The smallest absolute Gasteiger partial charge is 0.408 e. The Morgan fingerprint density at radius 2 is 2.05 bits per heavy atom. The third-order valence-electron chi connectivity index (χ3n) is 3.17. The number of aldehydes is 1. The van der Waals surface area contributed by atoms with Crippen molar-refractivity contribution in [2.45, 2.75) is 52.2 Å². The summed E-state index contributed by atoms with van der Waals surface area (Å²) in [6, 6.07) is 5.43. The first kappa shape index (κ1) is 18.6. The van der Waals surface area contributed by atoms with Crippen LogP contribution in [0.15, 0.2) is 22.8 Å². The Balaban J connectivity index is 3.00. The van der Waals surface area contributed by atoms with Crippen molar-refractivity contribution in [1.29, 1.82) is 0 Å². The van der Waals surface area contributed by atoms with Crippen LogP contribution in [0.4, 0.5) is 4.79 Å². The number of aromatic nitrogens is 1. The summed E-state index contributed by atoms with van der Waals surface area (Å²) >= 11 is 3.30. The second-order valence-electron chi connectivity index (χ2n) is 6.62. The highest BCUT2D eigenvalue weighted by atomic mass is 79.9. The van der Waals surface area contributed by atoms with Gasteiger partial charge in [0.25, 0.3) is 0 Å². The van der Waals surface area contributed by atoms with Gasteiger partial charge in [-0.15, -0.1) is 0 Å². The number of nitrogens with one attached hydrogen (secondary N) is 1. The minimum atomic E-state index is -1.25. The lowest BCUT2D eigenvalue weighted by Crippen LogP contribution is -2.50. The zero-order chi connectivity index (χ0) is 17.0. The molecule has 122 valence electrons. The van der Waals surface area contributed by atoms with Gasteiger partial charge in [0.1, 0.15) is 4.60 Å². The number of carbonyl (C=O) groups is 2. The molecule has 1 N–H and O–H groups in total. The summed E-state index contributed by atoms with van der Waals surface area (Å²) in [5.74, 6) is -0.184. The zero-order valence-electron chi connectivity index (χ0n) is 13.6. The third-order valence-corrected chi connectivity index (χ3v) is 3.61. The van der Waals surface area contributed by atoms with Crippen molar-refractivity contribution in [2.24, 2.45) is 5.92 Å². The van der Waals surface area contributed by atoms with Gasteiger partial charge in [-0.2, -0.15) is 0 Å². The predicted octanol–water partition coefficient (Wildman–Crippen LogP) is 3.51. The lowest BCUT2D eigenvalue weighted by Gasteiger charge is -2.33. The number of alkyl carbamates (subject to hydrolysis) is 1. The molecular formula is C16H23BrN2O3. The van der Waals surface area contributed by atoms with Gasteiger partial charge >= 0.3 is 6.09 Å². The SMILES string of the molecule is CC(C)C(C=O)(Cc1cccc(Br)n1)OC(=O)NC(C)(C)C. The summed E-state index contributed by atoms with van der Waals surface area (Å²) in [6.45, 7) is 9.24. The normalized spacial score (nSPS) is 14.3. The van der Waals surface area contributed by atoms with Crippen molar-refractivity contribution < 1.29 is 14.3 Å². The maximum Gasteiger partial charge on any atom is 0.408 e. The maximum atomic E-state index is 12.1. The van der Waals surface area contributed by atoms with E-state index in [2.05, 4.69) is 26.2 Å². The number of nitrogens with zero attached hydrogens (tertiary/aromatic N) is 1. The Morgan fingerprint density at radius 1 is 1.41 bits per heavy atom. The van der Waals surface area contributed by atoms with Gasteiger partial charge in [0, 0.05) is 23.6 Å². The quantitative estimate of drug-likeness (QED) is 0.635. The van der Waals surface area contributed by atoms with E-state index in [4.69, 9.17) is 4.74 Å². The van der Waals surface area contributed by atoms with Crippen molar-refractivity contribution in [3.63, 3.8) is 0 Å². The highest BCUT2D eigenvalue weighted by Crippen LogP contribution is 2.25. The van der Waals surface area contributed by atoms with Crippen molar-refractivity contribution in [2.75, 3.05) is 0 Å². The molecule has 0 aromatic carbocycles. The fourth-order valence-electron chi connectivity index (χ4n) is 1.90. The van der Waals surface area contributed by atoms with E-state index in [-0.39, 0.29) is 12.3 Å². The first-order valence-electron chi connectivity index (χ1n) is 7.17. The standard InChI is InChI=1S/C16H23BrN2O3/c1-11(2)16(10-20,22-14(21)19-15(3,4)5)9-12-7-6-8-13(17)18-12/h6-8,10-11H,9H2,1-5H3,(H,19,21). The first-order valence-corrected chi connectivity index (χ1v) is 7.96. The van der Waals surface area contributed by atoms with Crippen LogP contribution in [-0.4, -0.2) is 28.5 Å². The average molecular weight is 371 g/mol. The fourth-order valence-corrected chi connectivity index (χ4v) is 2.28. The minimum Gasteiger partial charge on any atom is -0.435 e. The van der Waals surface area contributed by atoms with Gasteiger partial charge in [-0.3, -0.25) is 4.79 Å². The molecular weight excluding hydrogens is 348 g/mol. The second kappa shape index (κ2) is 7.22. The van der Waals surface area contributed by atoms with Crippen molar-refractivity contribution in [1.82, 2.24) is 10.3 Å². The molecule has 0 fully saturated rings. The van der Waals surface area contributed by atoms with Crippen molar-refractivity contribution >= 4 is 28.3 Å². The second-order valence-corrected chi connectivity index (χ2v) is 7.43. The summed E-state index contributed by atoms with van der Waals surface area (Å²) in [4.78, 5) is 28.1. The molecule has 1 atom stereocenters. The Labute approximate surface area is 140 Å².